The number of carbonyl (C=O) groups excluding carboxylic acids is 1. The number of nitrogens with zero attached hydrogens (tertiary/aromatic N) is 4. The third-order valence-corrected chi connectivity index (χ3v) is 5.88. The second-order valence-corrected chi connectivity index (χ2v) is 8.38. The number of anilines is 1. The number of hydrogen-bond donors (Lipinski definition) is 2. The van der Waals surface area contributed by atoms with Crippen LogP contribution in [0, 0.1) is 5.41 Å². The number of amides is 1. The van der Waals surface area contributed by atoms with E-state index in [0.717, 1.165) is 23.8 Å². The lowest BCUT2D eigenvalue weighted by Gasteiger charge is -2.62. The number of guanidine groups is 1. The number of benzene rings is 1. The third-order valence-electron chi connectivity index (χ3n) is 5.88. The Labute approximate surface area is 190 Å². The summed E-state index contributed by atoms with van der Waals surface area (Å²) in [6.07, 6.45) is 3.43. The van der Waals surface area contributed by atoms with Crippen molar-refractivity contribution in [2.24, 2.45) is 10.4 Å². The first-order valence-corrected chi connectivity index (χ1v) is 9.57. The summed E-state index contributed by atoms with van der Waals surface area (Å²) < 4.78 is 1.60. The lowest BCUT2D eigenvalue weighted by molar-refractivity contribution is -0.116. The van der Waals surface area contributed by atoms with Crippen molar-refractivity contribution in [3.8, 4) is 0 Å². The Morgan fingerprint density at radius 3 is 2.59 bits per heavy atom. The minimum atomic E-state index is -0.103. The summed E-state index contributed by atoms with van der Waals surface area (Å²) in [5.74, 6) is 0.798. The molecular weight excluding hydrogens is 479 g/mol. The molecule has 8 heteroatoms. The maximum Gasteiger partial charge on any atom is 0.246 e. The summed E-state index contributed by atoms with van der Waals surface area (Å²) in [4.78, 5) is 18.9. The van der Waals surface area contributed by atoms with Crippen LogP contribution in [0.1, 0.15) is 33.3 Å². The van der Waals surface area contributed by atoms with Crippen molar-refractivity contribution < 1.29 is 4.79 Å². The molecule has 1 amide bonds. The summed E-state index contributed by atoms with van der Waals surface area (Å²) in [5.41, 5.74) is 2.16. The van der Waals surface area contributed by atoms with Crippen LogP contribution in [0.25, 0.3) is 0 Å². The fourth-order valence-electron chi connectivity index (χ4n) is 3.38. The Balaban J connectivity index is 0.00000300. The molecule has 3 rings (SSSR count). The lowest BCUT2D eigenvalue weighted by atomic mass is 9.65. The van der Waals surface area contributed by atoms with Crippen LogP contribution in [0.4, 0.5) is 5.69 Å². The molecule has 1 aliphatic rings. The lowest BCUT2D eigenvalue weighted by Crippen LogP contribution is -2.72. The van der Waals surface area contributed by atoms with Gasteiger partial charge in [-0.05, 0) is 37.6 Å². The molecule has 7 nitrogen and oxygen atoms in total. The maximum absolute atomic E-state index is 12.2. The smallest absolute Gasteiger partial charge is 0.246 e. The molecule has 2 N–H and O–H groups in total. The molecule has 29 heavy (non-hydrogen) atoms. The summed E-state index contributed by atoms with van der Waals surface area (Å²) in [6.45, 7) is 10.9. The highest BCUT2D eigenvalue weighted by molar-refractivity contribution is 14.0. The number of aliphatic imine (C=N–C) groups is 1. The van der Waals surface area contributed by atoms with E-state index in [1.807, 2.05) is 31.3 Å². The van der Waals surface area contributed by atoms with Gasteiger partial charge in [-0.2, -0.15) is 5.10 Å². The van der Waals surface area contributed by atoms with Crippen molar-refractivity contribution in [3.63, 3.8) is 0 Å². The summed E-state index contributed by atoms with van der Waals surface area (Å²) in [5, 5.41) is 10.4. The van der Waals surface area contributed by atoms with Crippen molar-refractivity contribution in [2.75, 3.05) is 18.9 Å². The standard InChI is InChI=1S/C21H30N6O.HI/c1-20(2)15-27(21(20,3)4)19(22-5)23-13-16-8-6-9-17(12-16)25-18(28)14-26-11-7-10-24-26;/h6-12H,13-15H2,1-5H3,(H,22,23)(H,25,28);1H. The van der Waals surface area contributed by atoms with Gasteiger partial charge >= 0.3 is 0 Å². The topological polar surface area (TPSA) is 74.5 Å². The average Bonchev–Trinajstić information content (AvgIpc) is 3.14. The molecule has 158 valence electrons. The predicted octanol–water partition coefficient (Wildman–Crippen LogP) is 3.34. The highest BCUT2D eigenvalue weighted by atomic mass is 127. The molecule has 0 spiro atoms. The fourth-order valence-corrected chi connectivity index (χ4v) is 3.38. The van der Waals surface area contributed by atoms with Crippen molar-refractivity contribution in [1.82, 2.24) is 20.0 Å². The van der Waals surface area contributed by atoms with Crippen LogP contribution in [-0.4, -0.2) is 45.7 Å². The molecule has 1 fully saturated rings. The molecular formula is C21H31IN6O. The number of aromatic nitrogens is 2. The molecule has 0 aliphatic carbocycles. The first kappa shape index (κ1) is 23.2. The Morgan fingerprint density at radius 2 is 2.00 bits per heavy atom. The molecule has 0 saturated carbocycles. The van der Waals surface area contributed by atoms with Crippen LogP contribution < -0.4 is 10.6 Å². The molecule has 0 atom stereocenters. The zero-order valence-electron chi connectivity index (χ0n) is 17.8. The molecule has 2 heterocycles. The second-order valence-electron chi connectivity index (χ2n) is 8.38. The van der Waals surface area contributed by atoms with E-state index < -0.39 is 0 Å². The van der Waals surface area contributed by atoms with Crippen LogP contribution >= 0.6 is 24.0 Å². The van der Waals surface area contributed by atoms with E-state index in [2.05, 4.69) is 53.3 Å². The van der Waals surface area contributed by atoms with Gasteiger partial charge in [0.25, 0.3) is 0 Å². The van der Waals surface area contributed by atoms with Gasteiger partial charge in [0, 0.05) is 49.2 Å². The summed E-state index contributed by atoms with van der Waals surface area (Å²) in [7, 11) is 1.82. The number of nitrogens with one attached hydrogen (secondary N) is 2. The van der Waals surface area contributed by atoms with E-state index >= 15 is 0 Å². The summed E-state index contributed by atoms with van der Waals surface area (Å²) >= 11 is 0. The molecule has 1 aromatic heterocycles. The number of halogens is 1. The van der Waals surface area contributed by atoms with Gasteiger partial charge in [-0.3, -0.25) is 14.5 Å². The van der Waals surface area contributed by atoms with Gasteiger partial charge in [0.2, 0.25) is 5.91 Å². The van der Waals surface area contributed by atoms with E-state index in [4.69, 9.17) is 0 Å². The van der Waals surface area contributed by atoms with Crippen molar-refractivity contribution in [1.29, 1.82) is 0 Å². The molecule has 1 aliphatic heterocycles. The number of carbonyl (C=O) groups is 1. The van der Waals surface area contributed by atoms with E-state index in [9.17, 15) is 4.79 Å². The number of likely N-dealkylation sites (tertiary alicyclic amines) is 1. The highest BCUT2D eigenvalue weighted by Gasteiger charge is 2.53. The van der Waals surface area contributed by atoms with Gasteiger partial charge in [0.05, 0.1) is 0 Å². The zero-order valence-corrected chi connectivity index (χ0v) is 20.1. The van der Waals surface area contributed by atoms with Crippen LogP contribution in [0.15, 0.2) is 47.7 Å². The van der Waals surface area contributed by atoms with Gasteiger partial charge in [-0.1, -0.05) is 26.0 Å². The largest absolute Gasteiger partial charge is 0.352 e. The Hall–Kier alpha value is -2.10. The third kappa shape index (κ3) is 5.09. The van der Waals surface area contributed by atoms with Crippen LogP contribution in [0.5, 0.6) is 0 Å². The van der Waals surface area contributed by atoms with E-state index in [1.165, 1.54) is 0 Å². The van der Waals surface area contributed by atoms with Gasteiger partial charge in [0.15, 0.2) is 5.96 Å². The first-order chi connectivity index (χ1) is 13.2. The summed E-state index contributed by atoms with van der Waals surface area (Å²) in [6, 6.07) is 9.65. The first-order valence-electron chi connectivity index (χ1n) is 9.57. The zero-order chi connectivity index (χ0) is 20.4. The minimum Gasteiger partial charge on any atom is -0.352 e. The molecule has 0 unspecified atom stereocenters. The molecule has 1 saturated heterocycles. The highest BCUT2D eigenvalue weighted by Crippen LogP contribution is 2.46. The minimum absolute atomic E-state index is 0. The van der Waals surface area contributed by atoms with Crippen LogP contribution in [-0.2, 0) is 17.9 Å². The van der Waals surface area contributed by atoms with Crippen LogP contribution in [0.3, 0.4) is 0 Å². The van der Waals surface area contributed by atoms with Gasteiger partial charge in [0.1, 0.15) is 6.54 Å². The molecule has 2 aromatic rings. The molecule has 1 aromatic carbocycles. The van der Waals surface area contributed by atoms with Crippen molar-refractivity contribution in [2.45, 2.75) is 46.3 Å². The predicted molar refractivity (Wildman–Crippen MR) is 127 cm³/mol. The van der Waals surface area contributed by atoms with Gasteiger partial charge in [-0.25, -0.2) is 0 Å². The number of rotatable bonds is 5. The SMILES string of the molecule is CN=C(NCc1cccc(NC(=O)Cn2cccn2)c1)N1CC(C)(C)C1(C)C.I. The Morgan fingerprint density at radius 1 is 1.24 bits per heavy atom. The Bertz CT molecular complexity index is 860. The number of hydrogen-bond acceptors (Lipinski definition) is 3. The fraction of sp³-hybridized carbons (Fsp3) is 0.476. The van der Waals surface area contributed by atoms with Gasteiger partial charge < -0.3 is 15.5 Å². The molecule has 0 bridgehead atoms. The maximum atomic E-state index is 12.2. The molecule has 0 radical (unpaired) electrons. The Kier molecular flexibility index (Phi) is 7.31. The normalized spacial score (nSPS) is 17.1. The van der Waals surface area contributed by atoms with Gasteiger partial charge in [-0.15, -0.1) is 24.0 Å². The van der Waals surface area contributed by atoms with Crippen molar-refractivity contribution in [3.05, 3.63) is 48.3 Å². The van der Waals surface area contributed by atoms with E-state index in [-0.39, 0.29) is 47.4 Å². The average molecular weight is 510 g/mol. The quantitative estimate of drug-likeness (QED) is 0.368. The van der Waals surface area contributed by atoms with Crippen LogP contribution in [0.2, 0.25) is 0 Å². The van der Waals surface area contributed by atoms with E-state index in [1.54, 1.807) is 23.1 Å². The monoisotopic (exact) mass is 510 g/mol. The van der Waals surface area contributed by atoms with E-state index in [0.29, 0.717) is 6.54 Å². The second kappa shape index (κ2) is 9.15. The van der Waals surface area contributed by atoms with Crippen molar-refractivity contribution >= 4 is 41.5 Å².